The first-order chi connectivity index (χ1) is 13.6. The Morgan fingerprint density at radius 3 is 2.76 bits per heavy atom. The van der Waals surface area contributed by atoms with Crippen molar-refractivity contribution in [1.82, 2.24) is 15.1 Å². The molecule has 1 aromatic carbocycles. The first-order valence-corrected chi connectivity index (χ1v) is 8.02. The van der Waals surface area contributed by atoms with E-state index in [-0.39, 0.29) is 23.2 Å². The number of nitrogens with one attached hydrogen (secondary N) is 2. The van der Waals surface area contributed by atoms with Crippen LogP contribution < -0.4 is 10.6 Å². The fraction of sp³-hybridized carbons (Fsp3) is 0.235. The maximum absolute atomic E-state index is 13.9. The Bertz CT molecular complexity index is 1110. The number of aryl methyl sites for hydroxylation is 1. The number of carbonyl (C=O) groups excluding carboxylic acids is 1. The van der Waals surface area contributed by atoms with Gasteiger partial charge in [0.2, 0.25) is 0 Å². The van der Waals surface area contributed by atoms with Crippen LogP contribution >= 0.6 is 0 Å². The van der Waals surface area contributed by atoms with Crippen molar-refractivity contribution < 1.29 is 31.2 Å². The average Bonchev–Trinajstić information content (AvgIpc) is 3.17. The molecule has 0 spiro atoms. The number of hydrogen-bond acceptors (Lipinski definition) is 4. The highest BCUT2D eigenvalue weighted by Crippen LogP contribution is 2.39. The lowest BCUT2D eigenvalue weighted by atomic mass is 10.1. The summed E-state index contributed by atoms with van der Waals surface area (Å²) in [5.41, 5.74) is -0.663. The molecule has 3 rings (SSSR count). The number of nitriles is 1. The Morgan fingerprint density at radius 1 is 1.38 bits per heavy atom. The van der Waals surface area contributed by atoms with Crippen LogP contribution in [-0.2, 0) is 6.54 Å². The number of halogens is 5. The van der Waals surface area contributed by atoms with Crippen molar-refractivity contribution in [3.05, 3.63) is 47.5 Å². The SMILES string of the molecule is Cc1c([C@@H](NC(=O)Nc2cnn(CC#N)c2)C(F)(F)F)oc2c(F)cc(F)cc12. The second kappa shape index (κ2) is 7.42. The van der Waals surface area contributed by atoms with E-state index in [2.05, 4.69) is 10.4 Å². The van der Waals surface area contributed by atoms with Gasteiger partial charge in [0.1, 0.15) is 18.1 Å². The summed E-state index contributed by atoms with van der Waals surface area (Å²) < 4.78 is 74.2. The smallest absolute Gasteiger partial charge is 0.416 e. The molecule has 0 radical (unpaired) electrons. The van der Waals surface area contributed by atoms with Crippen LogP contribution in [-0.4, -0.2) is 22.0 Å². The zero-order valence-corrected chi connectivity index (χ0v) is 14.6. The van der Waals surface area contributed by atoms with Crippen LogP contribution in [0.2, 0.25) is 0 Å². The Labute approximate surface area is 159 Å². The van der Waals surface area contributed by atoms with Crippen molar-refractivity contribution >= 4 is 22.7 Å². The molecule has 7 nitrogen and oxygen atoms in total. The van der Waals surface area contributed by atoms with Crippen molar-refractivity contribution in [3.8, 4) is 6.07 Å². The fourth-order valence-corrected chi connectivity index (χ4v) is 2.72. The molecule has 2 heterocycles. The van der Waals surface area contributed by atoms with E-state index in [1.54, 1.807) is 11.4 Å². The normalized spacial score (nSPS) is 12.6. The topological polar surface area (TPSA) is 95.9 Å². The Kier molecular flexibility index (Phi) is 5.15. The van der Waals surface area contributed by atoms with Gasteiger partial charge in [0.15, 0.2) is 17.4 Å². The maximum atomic E-state index is 13.9. The molecule has 0 aliphatic heterocycles. The van der Waals surface area contributed by atoms with Gasteiger partial charge in [-0.25, -0.2) is 13.6 Å². The molecule has 2 N–H and O–H groups in total. The van der Waals surface area contributed by atoms with E-state index < -0.39 is 41.2 Å². The maximum Gasteiger partial charge on any atom is 0.416 e. The first kappa shape index (κ1) is 20.1. The Morgan fingerprint density at radius 2 is 2.10 bits per heavy atom. The van der Waals surface area contributed by atoms with Gasteiger partial charge < -0.3 is 15.1 Å². The zero-order chi connectivity index (χ0) is 21.3. The number of hydrogen-bond donors (Lipinski definition) is 2. The second-order valence-electron chi connectivity index (χ2n) is 6.01. The predicted molar refractivity (Wildman–Crippen MR) is 89.7 cm³/mol. The molecule has 2 aromatic heterocycles. The second-order valence-corrected chi connectivity index (χ2v) is 6.01. The highest BCUT2D eigenvalue weighted by molar-refractivity contribution is 5.89. The number of anilines is 1. The number of fused-ring (bicyclic) bond motifs is 1. The largest absolute Gasteiger partial charge is 0.455 e. The van der Waals surface area contributed by atoms with Crippen molar-refractivity contribution in [2.24, 2.45) is 0 Å². The van der Waals surface area contributed by atoms with Gasteiger partial charge >= 0.3 is 12.2 Å². The summed E-state index contributed by atoms with van der Waals surface area (Å²) in [6, 6.07) is -0.726. The van der Waals surface area contributed by atoms with Crippen LogP contribution in [0, 0.1) is 29.9 Å². The van der Waals surface area contributed by atoms with Crippen molar-refractivity contribution in [2.45, 2.75) is 25.7 Å². The number of aromatic nitrogens is 2. The molecular weight excluding hydrogens is 401 g/mol. The van der Waals surface area contributed by atoms with Crippen LogP contribution in [0.3, 0.4) is 0 Å². The van der Waals surface area contributed by atoms with Gasteiger partial charge in [0, 0.05) is 23.2 Å². The van der Waals surface area contributed by atoms with Crippen LogP contribution in [0.15, 0.2) is 28.9 Å². The standard InChI is InChI=1S/C17H12F5N5O2/c1-8-11-4-9(18)5-12(19)14(11)29-13(8)15(17(20,21)22)26-16(28)25-10-6-24-27(7-10)3-2-23/h4-7,15H,3H2,1H3,(H2,25,26,28)/t15-/m1/s1. The van der Waals surface area contributed by atoms with E-state index in [4.69, 9.17) is 9.68 Å². The number of urea groups is 1. The number of amides is 2. The van der Waals surface area contributed by atoms with E-state index in [0.29, 0.717) is 6.07 Å². The minimum atomic E-state index is -4.99. The molecule has 152 valence electrons. The molecular formula is C17H12F5N5O2. The van der Waals surface area contributed by atoms with Gasteiger partial charge in [-0.2, -0.15) is 23.5 Å². The third kappa shape index (κ3) is 4.13. The van der Waals surface area contributed by atoms with Crippen LogP contribution in [0.4, 0.5) is 32.4 Å². The van der Waals surface area contributed by atoms with Gasteiger partial charge in [-0.1, -0.05) is 0 Å². The molecule has 0 aliphatic carbocycles. The van der Waals surface area contributed by atoms with Crippen LogP contribution in [0.1, 0.15) is 17.4 Å². The molecule has 0 aliphatic rings. The van der Waals surface area contributed by atoms with Crippen molar-refractivity contribution in [1.29, 1.82) is 5.26 Å². The quantitative estimate of drug-likeness (QED) is 0.628. The lowest BCUT2D eigenvalue weighted by molar-refractivity contribution is -0.158. The summed E-state index contributed by atoms with van der Waals surface area (Å²) in [4.78, 5) is 12.1. The van der Waals surface area contributed by atoms with E-state index in [9.17, 15) is 26.7 Å². The lowest BCUT2D eigenvalue weighted by Crippen LogP contribution is -2.40. The molecule has 29 heavy (non-hydrogen) atoms. The molecule has 0 fully saturated rings. The van der Waals surface area contributed by atoms with E-state index in [0.717, 1.165) is 16.9 Å². The van der Waals surface area contributed by atoms with Crippen molar-refractivity contribution in [3.63, 3.8) is 0 Å². The summed E-state index contributed by atoms with van der Waals surface area (Å²) in [6.45, 7) is 1.08. The highest BCUT2D eigenvalue weighted by Gasteiger charge is 2.45. The number of nitrogens with zero attached hydrogens (tertiary/aromatic N) is 3. The fourth-order valence-electron chi connectivity index (χ4n) is 2.72. The molecule has 3 aromatic rings. The summed E-state index contributed by atoms with van der Waals surface area (Å²) >= 11 is 0. The van der Waals surface area contributed by atoms with Crippen molar-refractivity contribution in [2.75, 3.05) is 5.32 Å². The Balaban J connectivity index is 1.90. The van der Waals surface area contributed by atoms with Gasteiger partial charge in [-0.05, 0) is 13.0 Å². The number of rotatable bonds is 4. The minimum absolute atomic E-state index is 0.0492. The molecule has 0 unspecified atom stereocenters. The summed E-state index contributed by atoms with van der Waals surface area (Å²) in [6.07, 6.45) is -2.60. The van der Waals surface area contributed by atoms with Gasteiger partial charge in [0.05, 0.1) is 18.0 Å². The summed E-state index contributed by atoms with van der Waals surface area (Å²) in [7, 11) is 0. The molecule has 0 saturated carbocycles. The van der Waals surface area contributed by atoms with E-state index in [1.165, 1.54) is 13.1 Å². The molecule has 12 heteroatoms. The summed E-state index contributed by atoms with van der Waals surface area (Å²) in [5.74, 6) is -2.91. The third-order valence-electron chi connectivity index (χ3n) is 3.98. The molecule has 2 amide bonds. The zero-order valence-electron chi connectivity index (χ0n) is 14.6. The molecule has 0 saturated heterocycles. The minimum Gasteiger partial charge on any atom is -0.455 e. The highest BCUT2D eigenvalue weighted by atomic mass is 19.4. The number of furan rings is 1. The van der Waals surface area contributed by atoms with Crippen LogP contribution in [0.25, 0.3) is 11.0 Å². The average molecular weight is 413 g/mol. The summed E-state index contributed by atoms with van der Waals surface area (Å²) in [5, 5.41) is 16.0. The van der Waals surface area contributed by atoms with Gasteiger partial charge in [-0.3, -0.25) is 4.68 Å². The van der Waals surface area contributed by atoms with Crippen LogP contribution in [0.5, 0.6) is 0 Å². The third-order valence-corrected chi connectivity index (χ3v) is 3.98. The molecule has 1 atom stereocenters. The lowest BCUT2D eigenvalue weighted by Gasteiger charge is -2.20. The number of carbonyl (C=O) groups is 1. The first-order valence-electron chi connectivity index (χ1n) is 8.02. The number of benzene rings is 1. The van der Waals surface area contributed by atoms with Gasteiger partial charge in [0.25, 0.3) is 0 Å². The number of alkyl halides is 3. The Hall–Kier alpha value is -3.62. The molecule has 0 bridgehead atoms. The van der Waals surface area contributed by atoms with Gasteiger partial charge in [-0.15, -0.1) is 0 Å². The predicted octanol–water partition coefficient (Wildman–Crippen LogP) is 4.16. The van der Waals surface area contributed by atoms with E-state index in [1.807, 2.05) is 0 Å². The van der Waals surface area contributed by atoms with E-state index >= 15 is 0 Å². The monoisotopic (exact) mass is 413 g/mol.